The van der Waals surface area contributed by atoms with E-state index in [1.165, 1.54) is 18.2 Å². The number of carbonyl (C=O) groups is 2. The Labute approximate surface area is 182 Å². The summed E-state index contributed by atoms with van der Waals surface area (Å²) in [6.45, 7) is 5.48. The number of ether oxygens (including phenoxy) is 1. The van der Waals surface area contributed by atoms with Gasteiger partial charge < -0.3 is 15.4 Å². The van der Waals surface area contributed by atoms with Crippen LogP contribution < -0.4 is 15.4 Å². The summed E-state index contributed by atoms with van der Waals surface area (Å²) >= 11 is 1.55. The number of aryl methyl sites for hydroxylation is 2. The van der Waals surface area contributed by atoms with E-state index in [1.807, 2.05) is 13.8 Å². The molecule has 0 saturated heterocycles. The third-order valence-electron chi connectivity index (χ3n) is 5.22. The molecular weight excluding hydrogens is 418 g/mol. The minimum atomic E-state index is -0.607. The minimum absolute atomic E-state index is 0.0535. The second kappa shape index (κ2) is 7.84. The van der Waals surface area contributed by atoms with E-state index in [9.17, 15) is 19.7 Å². The number of thiophene rings is 1. The first-order chi connectivity index (χ1) is 14.7. The maximum absolute atomic E-state index is 12.5. The highest BCUT2D eigenvalue weighted by Crippen LogP contribution is 2.37. The lowest BCUT2D eigenvalue weighted by molar-refractivity contribution is -0.385. The Morgan fingerprint density at radius 1 is 1.10 bits per heavy atom. The van der Waals surface area contributed by atoms with Crippen LogP contribution in [-0.2, 0) is 0 Å². The standard InChI is InChI=1S/C22H19N3O5S/c1-11-10-15(6-9-17(11)25(28)29)22(27)30-16-7-4-14(5-8-16)19-23-20(26)18-12(2)13(3)31-21(18)24-19/h4-10,19,24H,1-3H3,(H,23,26)/t19-/m1/s1. The van der Waals surface area contributed by atoms with Gasteiger partial charge >= 0.3 is 5.97 Å². The summed E-state index contributed by atoms with van der Waals surface area (Å²) in [6.07, 6.45) is -0.389. The number of nitro groups is 1. The molecule has 0 radical (unpaired) electrons. The predicted octanol–water partition coefficient (Wildman–Crippen LogP) is 4.65. The number of fused-ring (bicyclic) bond motifs is 1. The van der Waals surface area contributed by atoms with Crippen LogP contribution in [0.4, 0.5) is 10.7 Å². The molecule has 3 aromatic rings. The van der Waals surface area contributed by atoms with Crippen LogP contribution in [0.25, 0.3) is 0 Å². The first kappa shape index (κ1) is 20.5. The Morgan fingerprint density at radius 2 is 1.81 bits per heavy atom. The number of hydrogen-bond donors (Lipinski definition) is 2. The molecule has 1 aliphatic heterocycles. The van der Waals surface area contributed by atoms with Gasteiger partial charge in [-0.05, 0) is 56.2 Å². The molecule has 31 heavy (non-hydrogen) atoms. The number of anilines is 1. The van der Waals surface area contributed by atoms with Gasteiger partial charge in [-0.25, -0.2) is 4.79 Å². The zero-order chi connectivity index (χ0) is 22.3. The number of nitrogens with zero attached hydrogens (tertiary/aromatic N) is 1. The maximum Gasteiger partial charge on any atom is 0.343 e. The molecule has 1 aromatic heterocycles. The van der Waals surface area contributed by atoms with E-state index in [4.69, 9.17) is 4.74 Å². The lowest BCUT2D eigenvalue weighted by atomic mass is 10.1. The van der Waals surface area contributed by atoms with Gasteiger partial charge in [0.1, 0.15) is 16.9 Å². The Bertz CT molecular complexity index is 1220. The van der Waals surface area contributed by atoms with E-state index in [0.717, 1.165) is 21.0 Å². The summed E-state index contributed by atoms with van der Waals surface area (Å²) in [4.78, 5) is 36.4. The van der Waals surface area contributed by atoms with E-state index < -0.39 is 10.9 Å². The summed E-state index contributed by atoms with van der Waals surface area (Å²) < 4.78 is 5.38. The van der Waals surface area contributed by atoms with Gasteiger partial charge in [-0.3, -0.25) is 14.9 Å². The molecule has 9 heteroatoms. The third-order valence-corrected chi connectivity index (χ3v) is 6.35. The molecular formula is C22H19N3O5S. The van der Waals surface area contributed by atoms with Gasteiger partial charge in [-0.1, -0.05) is 12.1 Å². The fourth-order valence-electron chi connectivity index (χ4n) is 3.42. The van der Waals surface area contributed by atoms with Crippen LogP contribution in [0, 0.1) is 30.9 Å². The molecule has 158 valence electrons. The van der Waals surface area contributed by atoms with Crippen molar-refractivity contribution in [2.45, 2.75) is 26.9 Å². The van der Waals surface area contributed by atoms with Gasteiger partial charge in [-0.15, -0.1) is 11.3 Å². The Kier molecular flexibility index (Phi) is 5.20. The molecule has 2 aromatic carbocycles. The van der Waals surface area contributed by atoms with Gasteiger partial charge in [0.25, 0.3) is 11.6 Å². The summed E-state index contributed by atoms with van der Waals surface area (Å²) in [5.41, 5.74) is 3.03. The van der Waals surface area contributed by atoms with Crippen molar-refractivity contribution in [3.8, 4) is 5.75 Å². The number of carbonyl (C=O) groups excluding carboxylic acids is 2. The first-order valence-electron chi connectivity index (χ1n) is 9.49. The number of nitro benzene ring substituents is 1. The summed E-state index contributed by atoms with van der Waals surface area (Å²) in [5, 5.41) is 18.0. The van der Waals surface area contributed by atoms with Crippen molar-refractivity contribution in [1.29, 1.82) is 0 Å². The molecule has 2 N–H and O–H groups in total. The molecule has 0 spiro atoms. The number of esters is 1. The van der Waals surface area contributed by atoms with Crippen LogP contribution in [0.1, 0.15) is 48.4 Å². The normalized spacial score (nSPS) is 14.9. The smallest absolute Gasteiger partial charge is 0.343 e. The second-order valence-electron chi connectivity index (χ2n) is 7.26. The quantitative estimate of drug-likeness (QED) is 0.266. The number of benzene rings is 2. The molecule has 0 fully saturated rings. The maximum atomic E-state index is 12.5. The monoisotopic (exact) mass is 437 g/mol. The number of rotatable bonds is 4. The molecule has 0 bridgehead atoms. The lowest BCUT2D eigenvalue weighted by Gasteiger charge is -2.26. The van der Waals surface area contributed by atoms with Crippen molar-refractivity contribution in [3.63, 3.8) is 0 Å². The summed E-state index contributed by atoms with van der Waals surface area (Å²) in [5.74, 6) is -0.399. The Morgan fingerprint density at radius 3 is 2.45 bits per heavy atom. The van der Waals surface area contributed by atoms with Crippen LogP contribution in [0.5, 0.6) is 5.75 Å². The lowest BCUT2D eigenvalue weighted by Crippen LogP contribution is -2.38. The number of amides is 1. The fourth-order valence-corrected chi connectivity index (χ4v) is 4.51. The van der Waals surface area contributed by atoms with E-state index in [0.29, 0.717) is 16.9 Å². The molecule has 4 rings (SSSR count). The molecule has 2 heterocycles. The van der Waals surface area contributed by atoms with Gasteiger partial charge in [0.15, 0.2) is 0 Å². The van der Waals surface area contributed by atoms with Crippen molar-refractivity contribution in [2.75, 3.05) is 5.32 Å². The molecule has 1 aliphatic rings. The van der Waals surface area contributed by atoms with Crippen LogP contribution in [0.3, 0.4) is 0 Å². The zero-order valence-electron chi connectivity index (χ0n) is 17.0. The first-order valence-corrected chi connectivity index (χ1v) is 10.3. The minimum Gasteiger partial charge on any atom is -0.423 e. The topological polar surface area (TPSA) is 111 Å². The summed E-state index contributed by atoms with van der Waals surface area (Å²) in [6, 6.07) is 10.9. The second-order valence-corrected chi connectivity index (χ2v) is 8.48. The van der Waals surface area contributed by atoms with Crippen LogP contribution in [0.15, 0.2) is 42.5 Å². The molecule has 0 saturated carbocycles. The largest absolute Gasteiger partial charge is 0.423 e. The van der Waals surface area contributed by atoms with E-state index in [2.05, 4.69) is 10.6 Å². The van der Waals surface area contributed by atoms with Crippen LogP contribution in [0.2, 0.25) is 0 Å². The Balaban J connectivity index is 1.47. The average Bonchev–Trinajstić information content (AvgIpc) is 3.02. The van der Waals surface area contributed by atoms with Crippen LogP contribution in [-0.4, -0.2) is 16.8 Å². The third kappa shape index (κ3) is 3.87. The molecule has 1 amide bonds. The van der Waals surface area contributed by atoms with E-state index >= 15 is 0 Å². The van der Waals surface area contributed by atoms with Gasteiger partial charge in [-0.2, -0.15) is 0 Å². The molecule has 1 atom stereocenters. The fraction of sp³-hybridized carbons (Fsp3) is 0.182. The summed E-state index contributed by atoms with van der Waals surface area (Å²) in [7, 11) is 0. The van der Waals surface area contributed by atoms with Crippen LogP contribution >= 0.6 is 11.3 Å². The predicted molar refractivity (Wildman–Crippen MR) is 117 cm³/mol. The van der Waals surface area contributed by atoms with Crippen molar-refractivity contribution >= 4 is 33.9 Å². The van der Waals surface area contributed by atoms with Crippen molar-refractivity contribution < 1.29 is 19.2 Å². The molecule has 8 nitrogen and oxygen atoms in total. The van der Waals surface area contributed by atoms with Crippen molar-refractivity contribution in [2.24, 2.45) is 0 Å². The molecule has 0 aliphatic carbocycles. The van der Waals surface area contributed by atoms with Gasteiger partial charge in [0.05, 0.1) is 16.1 Å². The molecule has 0 unspecified atom stereocenters. The highest BCUT2D eigenvalue weighted by molar-refractivity contribution is 7.16. The van der Waals surface area contributed by atoms with Crippen molar-refractivity contribution in [3.05, 3.63) is 85.3 Å². The van der Waals surface area contributed by atoms with E-state index in [1.54, 1.807) is 42.5 Å². The average molecular weight is 437 g/mol. The Hall–Kier alpha value is -3.72. The van der Waals surface area contributed by atoms with Gasteiger partial charge in [0.2, 0.25) is 0 Å². The SMILES string of the molecule is Cc1cc(C(=O)Oc2ccc([C@@H]3NC(=O)c4c(sc(C)c4C)N3)cc2)ccc1[N+](=O)[O-]. The number of hydrogen-bond acceptors (Lipinski definition) is 7. The zero-order valence-corrected chi connectivity index (χ0v) is 17.8. The van der Waals surface area contributed by atoms with Gasteiger partial charge in [0, 0.05) is 16.5 Å². The van der Waals surface area contributed by atoms with E-state index in [-0.39, 0.29) is 23.3 Å². The van der Waals surface area contributed by atoms with Crippen molar-refractivity contribution in [1.82, 2.24) is 5.32 Å². The highest BCUT2D eigenvalue weighted by Gasteiger charge is 2.29. The highest BCUT2D eigenvalue weighted by atomic mass is 32.1. The number of nitrogens with one attached hydrogen (secondary N) is 2.